The summed E-state index contributed by atoms with van der Waals surface area (Å²) in [7, 11) is 1.99. The second-order valence-corrected chi connectivity index (χ2v) is 8.42. The van der Waals surface area contributed by atoms with Crippen LogP contribution in [-0.4, -0.2) is 82.6 Å². The van der Waals surface area contributed by atoms with Crippen molar-refractivity contribution in [2.45, 2.75) is 44.0 Å². The highest BCUT2D eigenvalue weighted by atomic mass is 127. The minimum atomic E-state index is 0. The third-order valence-electron chi connectivity index (χ3n) is 5.44. The number of hydrogen-bond acceptors (Lipinski definition) is 6. The summed E-state index contributed by atoms with van der Waals surface area (Å²) in [6.45, 7) is 8.07. The van der Waals surface area contributed by atoms with Crippen LogP contribution >= 0.6 is 35.7 Å². The number of nitrogens with zero attached hydrogens (tertiary/aromatic N) is 5. The molecule has 3 rings (SSSR count). The van der Waals surface area contributed by atoms with Crippen molar-refractivity contribution in [2.75, 3.05) is 45.6 Å². The third kappa shape index (κ3) is 7.03. The molecule has 1 saturated heterocycles. The molecule has 2 aliphatic rings. The Morgan fingerprint density at radius 3 is 2.71 bits per heavy atom. The normalized spacial score (nSPS) is 23.5. The zero-order valence-corrected chi connectivity index (χ0v) is 20.3. The molecule has 8 nitrogen and oxygen atoms in total. The first-order valence-corrected chi connectivity index (χ1v) is 11.2. The van der Waals surface area contributed by atoms with Gasteiger partial charge in [-0.2, -0.15) is 11.8 Å². The number of aliphatic imine (C=N–C) groups is 1. The van der Waals surface area contributed by atoms with Gasteiger partial charge < -0.3 is 19.9 Å². The number of halogens is 1. The molecule has 0 amide bonds. The maximum atomic E-state index is 5.42. The van der Waals surface area contributed by atoms with Gasteiger partial charge in [-0.3, -0.25) is 4.90 Å². The predicted octanol–water partition coefficient (Wildman–Crippen LogP) is 1.39. The molecule has 10 heteroatoms. The number of nitrogens with one attached hydrogen (secondary N) is 2. The predicted molar refractivity (Wildman–Crippen MR) is 126 cm³/mol. The number of rotatable bonds is 7. The molecule has 0 aromatic carbocycles. The van der Waals surface area contributed by atoms with Gasteiger partial charge in [0.1, 0.15) is 12.4 Å². The maximum absolute atomic E-state index is 5.42. The van der Waals surface area contributed by atoms with Crippen molar-refractivity contribution < 1.29 is 4.74 Å². The first-order valence-electron chi connectivity index (χ1n) is 9.88. The van der Waals surface area contributed by atoms with Crippen molar-refractivity contribution in [1.82, 2.24) is 30.3 Å². The number of morpholine rings is 1. The number of guanidine groups is 1. The van der Waals surface area contributed by atoms with Crippen LogP contribution in [0.15, 0.2) is 4.99 Å². The quantitative estimate of drug-likeness (QED) is 0.318. The molecule has 160 valence electrons. The molecule has 2 unspecified atom stereocenters. The molecule has 0 bridgehead atoms. The summed E-state index contributed by atoms with van der Waals surface area (Å²) < 4.78 is 7.42. The Balaban J connectivity index is 0.00000280. The number of ether oxygens (including phenoxy) is 1. The highest BCUT2D eigenvalue weighted by molar-refractivity contribution is 14.0. The summed E-state index contributed by atoms with van der Waals surface area (Å²) in [5, 5.41) is 16.3. The summed E-state index contributed by atoms with van der Waals surface area (Å²) >= 11 is 1.97. The molecule has 28 heavy (non-hydrogen) atoms. The van der Waals surface area contributed by atoms with Gasteiger partial charge in [-0.05, 0) is 32.4 Å². The van der Waals surface area contributed by atoms with Gasteiger partial charge in [0.05, 0.1) is 13.2 Å². The van der Waals surface area contributed by atoms with E-state index in [9.17, 15) is 0 Å². The summed E-state index contributed by atoms with van der Waals surface area (Å²) in [4.78, 5) is 7.22. The van der Waals surface area contributed by atoms with Gasteiger partial charge in [0.2, 0.25) is 0 Å². The fraction of sp³-hybridized carbons (Fsp3) is 0.833. The molecule has 0 spiro atoms. The first-order chi connectivity index (χ1) is 13.2. The fourth-order valence-corrected chi connectivity index (χ4v) is 4.32. The maximum Gasteiger partial charge on any atom is 0.191 e. The lowest BCUT2D eigenvalue weighted by Crippen LogP contribution is -2.46. The second-order valence-electron chi connectivity index (χ2n) is 7.28. The highest BCUT2D eigenvalue weighted by Crippen LogP contribution is 2.28. The van der Waals surface area contributed by atoms with Crippen molar-refractivity contribution in [3.63, 3.8) is 0 Å². The minimum absolute atomic E-state index is 0. The van der Waals surface area contributed by atoms with Gasteiger partial charge in [-0.25, -0.2) is 4.99 Å². The van der Waals surface area contributed by atoms with E-state index in [4.69, 9.17) is 9.73 Å². The number of aryl methyl sites for hydroxylation is 1. The van der Waals surface area contributed by atoms with Crippen LogP contribution in [0.1, 0.15) is 30.9 Å². The Hall–Kier alpha value is -0.590. The van der Waals surface area contributed by atoms with E-state index in [1.807, 2.05) is 30.3 Å². The zero-order chi connectivity index (χ0) is 19.1. The molecule has 2 atom stereocenters. The molecule has 1 saturated carbocycles. The Labute approximate surface area is 189 Å². The van der Waals surface area contributed by atoms with Gasteiger partial charge in [0.25, 0.3) is 0 Å². The average Bonchev–Trinajstić information content (AvgIpc) is 3.27. The SMILES string of the molecule is CSC1CCC(NC(=NCc2nnc(C)n2C)NCCN2CCOCC2)C1.I. The van der Waals surface area contributed by atoms with E-state index < -0.39 is 0 Å². The zero-order valence-electron chi connectivity index (χ0n) is 17.2. The first kappa shape index (κ1) is 23.7. The Morgan fingerprint density at radius 1 is 1.29 bits per heavy atom. The van der Waals surface area contributed by atoms with Crippen LogP contribution in [0, 0.1) is 6.92 Å². The Kier molecular flexibility index (Phi) is 10.3. The number of hydrogen-bond donors (Lipinski definition) is 2. The van der Waals surface area contributed by atoms with Crippen LogP contribution in [0.3, 0.4) is 0 Å². The summed E-state index contributed by atoms with van der Waals surface area (Å²) in [5.74, 6) is 2.68. The summed E-state index contributed by atoms with van der Waals surface area (Å²) in [6, 6.07) is 0.498. The lowest BCUT2D eigenvalue weighted by molar-refractivity contribution is 0.0389. The van der Waals surface area contributed by atoms with E-state index in [-0.39, 0.29) is 24.0 Å². The molecule has 0 radical (unpaired) electrons. The monoisotopic (exact) mass is 523 g/mol. The van der Waals surface area contributed by atoms with Crippen molar-refractivity contribution in [1.29, 1.82) is 0 Å². The largest absolute Gasteiger partial charge is 0.379 e. The van der Waals surface area contributed by atoms with Crippen molar-refractivity contribution in [3.8, 4) is 0 Å². The molecule has 1 aliphatic carbocycles. The average molecular weight is 523 g/mol. The van der Waals surface area contributed by atoms with Gasteiger partial charge in [-0.15, -0.1) is 34.2 Å². The van der Waals surface area contributed by atoms with Crippen LogP contribution in [-0.2, 0) is 18.3 Å². The molecular weight excluding hydrogens is 489 g/mol. The minimum Gasteiger partial charge on any atom is -0.379 e. The van der Waals surface area contributed by atoms with E-state index in [1.54, 1.807) is 0 Å². The molecular formula is C18H34IN7OS. The second kappa shape index (κ2) is 12.2. The van der Waals surface area contributed by atoms with E-state index in [0.717, 1.165) is 62.3 Å². The van der Waals surface area contributed by atoms with Gasteiger partial charge >= 0.3 is 0 Å². The fourth-order valence-electron chi connectivity index (χ4n) is 3.53. The van der Waals surface area contributed by atoms with Crippen LogP contribution in [0.25, 0.3) is 0 Å². The number of aromatic nitrogens is 3. The topological polar surface area (TPSA) is 79.6 Å². The van der Waals surface area contributed by atoms with E-state index in [1.165, 1.54) is 19.3 Å². The number of thioether (sulfide) groups is 1. The Morgan fingerprint density at radius 2 is 2.07 bits per heavy atom. The summed E-state index contributed by atoms with van der Waals surface area (Å²) in [6.07, 6.45) is 5.90. The van der Waals surface area contributed by atoms with Gasteiger partial charge in [0.15, 0.2) is 11.8 Å². The van der Waals surface area contributed by atoms with Gasteiger partial charge in [0, 0.05) is 44.5 Å². The van der Waals surface area contributed by atoms with Crippen LogP contribution in [0.4, 0.5) is 0 Å². The van der Waals surface area contributed by atoms with E-state index >= 15 is 0 Å². The van der Waals surface area contributed by atoms with Crippen molar-refractivity contribution >= 4 is 41.7 Å². The molecule has 2 fully saturated rings. The smallest absolute Gasteiger partial charge is 0.191 e. The molecule has 2 heterocycles. The van der Waals surface area contributed by atoms with E-state index in [2.05, 4.69) is 32.0 Å². The lowest BCUT2D eigenvalue weighted by atomic mass is 10.2. The summed E-state index contributed by atoms with van der Waals surface area (Å²) in [5.41, 5.74) is 0. The molecule has 1 aliphatic heterocycles. The third-order valence-corrected chi connectivity index (χ3v) is 6.54. The van der Waals surface area contributed by atoms with E-state index in [0.29, 0.717) is 12.6 Å². The van der Waals surface area contributed by atoms with Crippen LogP contribution in [0.5, 0.6) is 0 Å². The molecule has 1 aromatic heterocycles. The standard InChI is InChI=1S/C18H33N7OS.HI/c1-14-22-23-17(24(14)2)13-20-18(21-15-4-5-16(12-15)27-3)19-6-7-25-8-10-26-11-9-25;/h15-16H,4-13H2,1-3H3,(H2,19,20,21);1H. The van der Waals surface area contributed by atoms with Gasteiger partial charge in [-0.1, -0.05) is 0 Å². The Bertz CT molecular complexity index is 621. The van der Waals surface area contributed by atoms with Crippen molar-refractivity contribution in [2.24, 2.45) is 12.0 Å². The molecule has 1 aromatic rings. The lowest BCUT2D eigenvalue weighted by Gasteiger charge is -2.27. The van der Waals surface area contributed by atoms with Crippen molar-refractivity contribution in [3.05, 3.63) is 11.6 Å². The van der Waals surface area contributed by atoms with Crippen LogP contribution in [0.2, 0.25) is 0 Å². The van der Waals surface area contributed by atoms with Crippen LogP contribution < -0.4 is 10.6 Å². The highest BCUT2D eigenvalue weighted by Gasteiger charge is 2.24. The molecule has 2 N–H and O–H groups in total.